The number of carbonyl (C=O) groups is 1. The van der Waals surface area contributed by atoms with E-state index in [-0.39, 0.29) is 18.7 Å². The average molecular weight is 447 g/mol. The van der Waals surface area contributed by atoms with Crippen molar-refractivity contribution >= 4 is 27.6 Å². The summed E-state index contributed by atoms with van der Waals surface area (Å²) >= 11 is 0. The van der Waals surface area contributed by atoms with E-state index in [1.165, 1.54) is 10.9 Å². The number of carbonyl (C=O) groups excluding carboxylic acids is 1. The summed E-state index contributed by atoms with van der Waals surface area (Å²) in [5.41, 5.74) is 5.15. The van der Waals surface area contributed by atoms with Gasteiger partial charge in [-0.15, -0.1) is 0 Å². The van der Waals surface area contributed by atoms with Crippen molar-refractivity contribution in [3.63, 3.8) is 0 Å². The smallest absolute Gasteiger partial charge is 0.254 e. The van der Waals surface area contributed by atoms with Crippen molar-refractivity contribution in [3.05, 3.63) is 107 Å². The Kier molecular flexibility index (Phi) is 4.18. The van der Waals surface area contributed by atoms with E-state index in [9.17, 15) is 4.79 Å². The van der Waals surface area contributed by atoms with Gasteiger partial charge in [-0.2, -0.15) is 0 Å². The summed E-state index contributed by atoms with van der Waals surface area (Å²) in [6.45, 7) is 0.862. The molecule has 1 N–H and O–H groups in total. The van der Waals surface area contributed by atoms with Gasteiger partial charge in [0.15, 0.2) is 11.5 Å². The molecule has 0 saturated carbocycles. The highest BCUT2D eigenvalue weighted by molar-refractivity contribution is 5.99. The second-order valence-corrected chi connectivity index (χ2v) is 8.89. The molecular weight excluding hydrogens is 424 g/mol. The lowest BCUT2D eigenvalue weighted by Gasteiger charge is -2.36. The summed E-state index contributed by atoms with van der Waals surface area (Å²) in [5.74, 6) is 1.49. The minimum atomic E-state index is -0.246. The average Bonchev–Trinajstić information content (AvgIpc) is 3.51. The van der Waals surface area contributed by atoms with Gasteiger partial charge in [0.25, 0.3) is 5.91 Å². The van der Waals surface area contributed by atoms with Crippen LogP contribution < -0.4 is 9.47 Å². The van der Waals surface area contributed by atoms with Gasteiger partial charge in [-0.05, 0) is 58.7 Å². The monoisotopic (exact) mass is 446 g/mol. The molecule has 0 bridgehead atoms. The van der Waals surface area contributed by atoms with Crippen LogP contribution in [0.2, 0.25) is 0 Å². The maximum atomic E-state index is 13.9. The topological polar surface area (TPSA) is 54.6 Å². The lowest BCUT2D eigenvalue weighted by atomic mass is 9.91. The van der Waals surface area contributed by atoms with Crippen LogP contribution in [0.5, 0.6) is 11.5 Å². The summed E-state index contributed by atoms with van der Waals surface area (Å²) in [6.07, 6.45) is 0.805. The number of nitrogens with one attached hydrogen (secondary N) is 1. The van der Waals surface area contributed by atoms with Crippen molar-refractivity contribution < 1.29 is 14.3 Å². The van der Waals surface area contributed by atoms with E-state index in [1.54, 1.807) is 0 Å². The van der Waals surface area contributed by atoms with Crippen LogP contribution in [-0.2, 0) is 6.42 Å². The molecule has 0 spiro atoms. The molecule has 0 aliphatic carbocycles. The summed E-state index contributed by atoms with van der Waals surface area (Å²) in [7, 11) is 0. The van der Waals surface area contributed by atoms with Crippen LogP contribution >= 0.6 is 0 Å². The number of aromatic nitrogens is 1. The van der Waals surface area contributed by atoms with Crippen LogP contribution in [0.25, 0.3) is 21.7 Å². The van der Waals surface area contributed by atoms with E-state index in [2.05, 4.69) is 29.2 Å². The molecule has 3 heterocycles. The molecule has 1 unspecified atom stereocenters. The zero-order valence-corrected chi connectivity index (χ0v) is 18.5. The molecule has 0 saturated heterocycles. The third-order valence-electron chi connectivity index (χ3n) is 7.00. The number of nitrogens with zero attached hydrogens (tertiary/aromatic N) is 1. The Morgan fingerprint density at radius 2 is 1.68 bits per heavy atom. The van der Waals surface area contributed by atoms with E-state index in [0.717, 1.165) is 45.5 Å². The maximum absolute atomic E-state index is 13.9. The highest BCUT2D eigenvalue weighted by Gasteiger charge is 2.35. The van der Waals surface area contributed by atoms with Crippen LogP contribution in [0.3, 0.4) is 0 Å². The minimum Gasteiger partial charge on any atom is -0.454 e. The molecule has 2 aliphatic heterocycles. The van der Waals surface area contributed by atoms with Gasteiger partial charge in [-0.25, -0.2) is 0 Å². The molecule has 1 atom stereocenters. The molecule has 34 heavy (non-hydrogen) atoms. The summed E-state index contributed by atoms with van der Waals surface area (Å²) in [6, 6.07) is 28.2. The molecule has 2 aliphatic rings. The second kappa shape index (κ2) is 7.39. The summed E-state index contributed by atoms with van der Waals surface area (Å²) in [4.78, 5) is 19.6. The zero-order chi connectivity index (χ0) is 22.6. The number of benzene rings is 4. The van der Waals surface area contributed by atoms with E-state index in [0.29, 0.717) is 12.1 Å². The second-order valence-electron chi connectivity index (χ2n) is 8.89. The maximum Gasteiger partial charge on any atom is 0.254 e. The Morgan fingerprint density at radius 3 is 2.62 bits per heavy atom. The number of para-hydroxylation sites is 1. The summed E-state index contributed by atoms with van der Waals surface area (Å²) < 4.78 is 11.2. The number of fused-ring (bicyclic) bond motifs is 5. The molecule has 0 radical (unpaired) electrons. The fraction of sp³-hybridized carbons (Fsp3) is 0.138. The first-order chi connectivity index (χ1) is 16.8. The van der Waals surface area contributed by atoms with Crippen molar-refractivity contribution in [2.24, 2.45) is 0 Å². The third-order valence-corrected chi connectivity index (χ3v) is 7.00. The Labute approximate surface area is 196 Å². The number of amides is 1. The van der Waals surface area contributed by atoms with Gasteiger partial charge in [0, 0.05) is 28.7 Å². The first kappa shape index (κ1) is 19.2. The number of H-pyrrole nitrogens is 1. The predicted octanol–water partition coefficient (Wildman–Crippen LogP) is 5.84. The largest absolute Gasteiger partial charge is 0.454 e. The van der Waals surface area contributed by atoms with Crippen molar-refractivity contribution in [2.45, 2.75) is 12.5 Å². The van der Waals surface area contributed by atoms with Gasteiger partial charge in [0.05, 0.1) is 6.04 Å². The highest BCUT2D eigenvalue weighted by atomic mass is 16.7. The number of rotatable bonds is 2. The van der Waals surface area contributed by atoms with Crippen molar-refractivity contribution in [1.29, 1.82) is 0 Å². The zero-order valence-electron chi connectivity index (χ0n) is 18.5. The molecule has 1 aromatic heterocycles. The van der Waals surface area contributed by atoms with E-state index >= 15 is 0 Å². The Bertz CT molecular complexity index is 1590. The molecule has 0 fully saturated rings. The van der Waals surface area contributed by atoms with Gasteiger partial charge in [-0.3, -0.25) is 4.79 Å². The van der Waals surface area contributed by atoms with Crippen LogP contribution in [0, 0.1) is 0 Å². The Balaban J connectivity index is 1.38. The van der Waals surface area contributed by atoms with Crippen molar-refractivity contribution in [1.82, 2.24) is 9.88 Å². The van der Waals surface area contributed by atoms with Gasteiger partial charge >= 0.3 is 0 Å². The first-order valence-electron chi connectivity index (χ1n) is 11.5. The van der Waals surface area contributed by atoms with Gasteiger partial charge < -0.3 is 19.4 Å². The van der Waals surface area contributed by atoms with Crippen LogP contribution in [-0.4, -0.2) is 29.1 Å². The normalized spacial score (nSPS) is 16.7. The number of hydrogen-bond donors (Lipinski definition) is 1. The Morgan fingerprint density at radius 1 is 0.853 bits per heavy atom. The first-order valence-corrected chi connectivity index (χ1v) is 11.5. The lowest BCUT2D eigenvalue weighted by Crippen LogP contribution is -2.40. The number of aromatic amines is 1. The van der Waals surface area contributed by atoms with Crippen LogP contribution in [0.1, 0.15) is 33.2 Å². The quantitative estimate of drug-likeness (QED) is 0.371. The standard InChI is InChI=1S/C29H22N2O3/c32-29(21-10-9-18-5-1-2-6-19(18)15-21)31-14-13-23-22-7-3-4-8-24(22)30-27(23)28(31)20-11-12-25-26(16-20)34-17-33-25/h1-12,15-16,28,30H,13-14,17H2. The number of hydrogen-bond acceptors (Lipinski definition) is 3. The lowest BCUT2D eigenvalue weighted by molar-refractivity contribution is 0.0692. The number of ether oxygens (including phenoxy) is 2. The van der Waals surface area contributed by atoms with Gasteiger partial charge in [-0.1, -0.05) is 54.6 Å². The molecular formula is C29H22N2O3. The molecule has 1 amide bonds. The van der Waals surface area contributed by atoms with Crippen LogP contribution in [0.4, 0.5) is 0 Å². The minimum absolute atomic E-state index is 0.0257. The van der Waals surface area contributed by atoms with E-state index in [4.69, 9.17) is 9.47 Å². The molecule has 5 nitrogen and oxygen atoms in total. The van der Waals surface area contributed by atoms with Crippen LogP contribution in [0.15, 0.2) is 84.9 Å². The fourth-order valence-electron chi connectivity index (χ4n) is 5.38. The molecule has 5 aromatic rings. The van der Waals surface area contributed by atoms with Gasteiger partial charge in [0.1, 0.15) is 0 Å². The predicted molar refractivity (Wildman–Crippen MR) is 131 cm³/mol. The summed E-state index contributed by atoms with van der Waals surface area (Å²) in [5, 5.41) is 3.42. The van der Waals surface area contributed by atoms with Gasteiger partial charge in [0.2, 0.25) is 6.79 Å². The highest BCUT2D eigenvalue weighted by Crippen LogP contribution is 2.42. The molecule has 166 valence electrons. The third kappa shape index (κ3) is 2.90. The van der Waals surface area contributed by atoms with E-state index in [1.807, 2.05) is 65.6 Å². The van der Waals surface area contributed by atoms with E-state index < -0.39 is 0 Å². The molecule has 7 rings (SSSR count). The van der Waals surface area contributed by atoms with Crippen molar-refractivity contribution in [2.75, 3.05) is 13.3 Å². The van der Waals surface area contributed by atoms with Crippen molar-refractivity contribution in [3.8, 4) is 11.5 Å². The SMILES string of the molecule is O=C(c1ccc2ccccc2c1)N1CCc2c([nH]c3ccccc23)C1c1ccc2c(c1)OCO2. The molecule has 4 aromatic carbocycles. The fourth-order valence-corrected chi connectivity index (χ4v) is 5.38. The molecule has 5 heteroatoms. The Hall–Kier alpha value is -4.25.